The zero-order chi connectivity index (χ0) is 23.5. The number of aryl methyl sites for hydroxylation is 1. The lowest BCUT2D eigenvalue weighted by Gasteiger charge is -2.11. The zero-order valence-electron chi connectivity index (χ0n) is 19.1. The zero-order valence-corrected chi connectivity index (χ0v) is 19.1. The molecule has 0 aromatic heterocycles. The topological polar surface area (TPSA) is 79.5 Å². The Balaban J connectivity index is 1.40. The summed E-state index contributed by atoms with van der Waals surface area (Å²) in [6, 6.07) is 24.8. The van der Waals surface area contributed by atoms with E-state index in [9.17, 15) is 9.59 Å². The summed E-state index contributed by atoms with van der Waals surface area (Å²) in [7, 11) is 0. The summed E-state index contributed by atoms with van der Waals surface area (Å²) in [6.07, 6.45) is 1.94. The maximum absolute atomic E-state index is 12.3. The number of rotatable bonds is 11. The highest BCUT2D eigenvalue weighted by molar-refractivity contribution is 5.98. The van der Waals surface area contributed by atoms with E-state index in [1.807, 2.05) is 56.3 Å². The number of hydrogen-bond donors (Lipinski definition) is 3. The summed E-state index contributed by atoms with van der Waals surface area (Å²) < 4.78 is 5.80. The number of carbonyl (C=O) groups is 2. The van der Waals surface area contributed by atoms with Gasteiger partial charge in [-0.3, -0.25) is 9.59 Å². The Bertz CT molecular complexity index is 1030. The summed E-state index contributed by atoms with van der Waals surface area (Å²) >= 11 is 0. The molecule has 0 spiro atoms. The molecular weight excluding hydrogens is 414 g/mol. The average Bonchev–Trinajstić information content (AvgIpc) is 2.82. The first-order valence-electron chi connectivity index (χ1n) is 11.2. The highest BCUT2D eigenvalue weighted by Gasteiger charge is 2.09. The van der Waals surface area contributed by atoms with Crippen molar-refractivity contribution < 1.29 is 14.3 Å². The monoisotopic (exact) mass is 445 g/mol. The van der Waals surface area contributed by atoms with Crippen LogP contribution < -0.4 is 20.7 Å². The minimum absolute atomic E-state index is 0.0472. The van der Waals surface area contributed by atoms with Crippen LogP contribution in [0.2, 0.25) is 0 Å². The van der Waals surface area contributed by atoms with Gasteiger partial charge in [-0.1, -0.05) is 36.4 Å². The molecule has 0 aliphatic heterocycles. The van der Waals surface area contributed by atoms with Crippen molar-refractivity contribution in [3.63, 3.8) is 0 Å². The molecule has 0 atom stereocenters. The van der Waals surface area contributed by atoms with Crippen LogP contribution in [0.4, 0.5) is 11.4 Å². The van der Waals surface area contributed by atoms with E-state index in [0.29, 0.717) is 17.9 Å². The molecule has 0 heterocycles. The van der Waals surface area contributed by atoms with Gasteiger partial charge in [-0.25, -0.2) is 0 Å². The first-order chi connectivity index (χ1) is 16.0. The Morgan fingerprint density at radius 3 is 2.36 bits per heavy atom. The quantitative estimate of drug-likeness (QED) is 0.367. The summed E-state index contributed by atoms with van der Waals surface area (Å²) in [5, 5.41) is 8.75. The standard InChI is InChI=1S/C27H31N3O3/c1-20(2)29-27(32)22-11-6-12-24(18-22)30-26(31)19-28-23-13-15-25(16-14-23)33-17-7-10-21-8-4-3-5-9-21/h3-6,8-9,11-16,18,20,28H,7,10,17,19H2,1-2H3,(H,29,32)(H,30,31). The molecule has 33 heavy (non-hydrogen) atoms. The van der Waals surface area contributed by atoms with Crippen molar-refractivity contribution in [2.75, 3.05) is 23.8 Å². The maximum Gasteiger partial charge on any atom is 0.251 e. The van der Waals surface area contributed by atoms with Gasteiger partial charge in [0.25, 0.3) is 5.91 Å². The van der Waals surface area contributed by atoms with Crippen LogP contribution in [0.3, 0.4) is 0 Å². The van der Waals surface area contributed by atoms with Gasteiger partial charge in [-0.15, -0.1) is 0 Å². The van der Waals surface area contributed by atoms with E-state index >= 15 is 0 Å². The Morgan fingerprint density at radius 1 is 0.879 bits per heavy atom. The van der Waals surface area contributed by atoms with E-state index in [4.69, 9.17) is 4.74 Å². The van der Waals surface area contributed by atoms with Gasteiger partial charge in [0.15, 0.2) is 0 Å². The molecule has 0 saturated carbocycles. The molecule has 3 N–H and O–H groups in total. The number of hydrogen-bond acceptors (Lipinski definition) is 4. The predicted octanol–water partition coefficient (Wildman–Crippen LogP) is 4.89. The first-order valence-corrected chi connectivity index (χ1v) is 11.2. The predicted molar refractivity (Wildman–Crippen MR) is 133 cm³/mol. The Labute approximate surface area is 195 Å². The third-order valence-electron chi connectivity index (χ3n) is 4.86. The van der Waals surface area contributed by atoms with E-state index in [2.05, 4.69) is 28.1 Å². The number of amides is 2. The summed E-state index contributed by atoms with van der Waals surface area (Å²) in [5.41, 5.74) is 3.22. The first kappa shape index (κ1) is 23.9. The Kier molecular flexibility index (Phi) is 8.88. The van der Waals surface area contributed by atoms with E-state index in [-0.39, 0.29) is 24.4 Å². The maximum atomic E-state index is 12.3. The van der Waals surface area contributed by atoms with Crippen molar-refractivity contribution in [3.05, 3.63) is 90.0 Å². The molecule has 2 amide bonds. The molecule has 6 heteroatoms. The van der Waals surface area contributed by atoms with Gasteiger partial charge >= 0.3 is 0 Å². The molecular formula is C27H31N3O3. The van der Waals surface area contributed by atoms with E-state index < -0.39 is 0 Å². The van der Waals surface area contributed by atoms with Crippen molar-refractivity contribution in [2.24, 2.45) is 0 Å². The van der Waals surface area contributed by atoms with Gasteiger partial charge in [-0.05, 0) is 74.7 Å². The molecule has 0 fully saturated rings. The molecule has 0 aliphatic rings. The van der Waals surface area contributed by atoms with Gasteiger partial charge in [0, 0.05) is 23.0 Å². The van der Waals surface area contributed by atoms with Crippen molar-refractivity contribution in [2.45, 2.75) is 32.7 Å². The van der Waals surface area contributed by atoms with Gasteiger partial charge in [0.2, 0.25) is 5.91 Å². The molecule has 3 aromatic carbocycles. The highest BCUT2D eigenvalue weighted by atomic mass is 16.5. The fourth-order valence-electron chi connectivity index (χ4n) is 3.25. The molecule has 0 radical (unpaired) electrons. The summed E-state index contributed by atoms with van der Waals surface area (Å²) in [6.45, 7) is 4.57. The number of carbonyl (C=O) groups excluding carboxylic acids is 2. The van der Waals surface area contributed by atoms with Crippen molar-refractivity contribution >= 4 is 23.2 Å². The minimum atomic E-state index is -0.197. The van der Waals surface area contributed by atoms with Crippen LogP contribution in [-0.2, 0) is 11.2 Å². The molecule has 3 aromatic rings. The minimum Gasteiger partial charge on any atom is -0.494 e. The van der Waals surface area contributed by atoms with Crippen LogP contribution in [-0.4, -0.2) is 31.0 Å². The van der Waals surface area contributed by atoms with Crippen LogP contribution in [0.15, 0.2) is 78.9 Å². The second-order valence-electron chi connectivity index (χ2n) is 8.07. The van der Waals surface area contributed by atoms with E-state index in [1.165, 1.54) is 5.56 Å². The van der Waals surface area contributed by atoms with Gasteiger partial charge in [0.05, 0.1) is 13.2 Å². The number of benzene rings is 3. The number of nitrogens with one attached hydrogen (secondary N) is 3. The lowest BCUT2D eigenvalue weighted by Crippen LogP contribution is -2.30. The molecule has 0 saturated heterocycles. The third kappa shape index (κ3) is 8.33. The third-order valence-corrected chi connectivity index (χ3v) is 4.86. The fraction of sp³-hybridized carbons (Fsp3) is 0.259. The van der Waals surface area contributed by atoms with Crippen molar-refractivity contribution in [1.82, 2.24) is 5.32 Å². The van der Waals surface area contributed by atoms with Crippen LogP contribution in [0.5, 0.6) is 5.75 Å². The molecule has 6 nitrogen and oxygen atoms in total. The SMILES string of the molecule is CC(C)NC(=O)c1cccc(NC(=O)CNc2ccc(OCCCc3ccccc3)cc2)c1. The van der Waals surface area contributed by atoms with Crippen LogP contribution >= 0.6 is 0 Å². The van der Waals surface area contributed by atoms with Crippen molar-refractivity contribution in [3.8, 4) is 5.75 Å². The van der Waals surface area contributed by atoms with Gasteiger partial charge in [-0.2, -0.15) is 0 Å². The molecule has 172 valence electrons. The van der Waals surface area contributed by atoms with Gasteiger partial charge < -0.3 is 20.7 Å². The highest BCUT2D eigenvalue weighted by Crippen LogP contribution is 2.16. The van der Waals surface area contributed by atoms with E-state index in [1.54, 1.807) is 24.3 Å². The Hall–Kier alpha value is -3.80. The smallest absolute Gasteiger partial charge is 0.251 e. The molecule has 0 unspecified atom stereocenters. The lowest BCUT2D eigenvalue weighted by atomic mass is 10.1. The largest absolute Gasteiger partial charge is 0.494 e. The number of ether oxygens (including phenoxy) is 1. The van der Waals surface area contributed by atoms with Crippen molar-refractivity contribution in [1.29, 1.82) is 0 Å². The van der Waals surface area contributed by atoms with Crippen LogP contribution in [0.1, 0.15) is 36.2 Å². The second-order valence-corrected chi connectivity index (χ2v) is 8.07. The molecule has 0 aliphatic carbocycles. The van der Waals surface area contributed by atoms with Gasteiger partial charge in [0.1, 0.15) is 5.75 Å². The summed E-state index contributed by atoms with van der Waals surface area (Å²) in [4.78, 5) is 24.4. The second kappa shape index (κ2) is 12.3. The molecule has 3 rings (SSSR count). The van der Waals surface area contributed by atoms with E-state index in [0.717, 1.165) is 24.3 Å². The normalized spacial score (nSPS) is 10.5. The average molecular weight is 446 g/mol. The van der Waals surface area contributed by atoms with Crippen LogP contribution in [0, 0.1) is 0 Å². The fourth-order valence-corrected chi connectivity index (χ4v) is 3.25. The number of anilines is 2. The summed E-state index contributed by atoms with van der Waals surface area (Å²) in [5.74, 6) is 0.439. The Morgan fingerprint density at radius 2 is 1.64 bits per heavy atom. The lowest BCUT2D eigenvalue weighted by molar-refractivity contribution is -0.114. The molecule has 0 bridgehead atoms. The van der Waals surface area contributed by atoms with Crippen LogP contribution in [0.25, 0.3) is 0 Å².